The summed E-state index contributed by atoms with van der Waals surface area (Å²) in [5.41, 5.74) is 8.59. The molecule has 0 N–H and O–H groups in total. The Bertz CT molecular complexity index is 1910. The standard InChI is InChI=1S/C38H32/c1-3-11-31-25(8-1)20-21-30-24-37-29(23-38(30)31)10-7-15-32(37)26-16-18-27(19-17-26)36-22-28-9-2-4-12-33(28)34-13-5-6-14-35(34)36/h3-7,10-19,21,23-25,28H,1-2,8-9,20,22H2. The number of benzene rings is 4. The minimum Gasteiger partial charge on any atom is -0.0842 e. The van der Waals surface area contributed by atoms with E-state index >= 15 is 0 Å². The predicted molar refractivity (Wildman–Crippen MR) is 161 cm³/mol. The summed E-state index contributed by atoms with van der Waals surface area (Å²) in [6.07, 6.45) is 19.2. The Morgan fingerprint density at radius 1 is 0.605 bits per heavy atom. The summed E-state index contributed by atoms with van der Waals surface area (Å²) in [4.78, 5) is 0. The minimum absolute atomic E-state index is 0.640. The van der Waals surface area contributed by atoms with E-state index in [1.807, 2.05) is 0 Å². The third kappa shape index (κ3) is 3.51. The van der Waals surface area contributed by atoms with Crippen molar-refractivity contribution in [3.8, 4) is 11.1 Å². The summed E-state index contributed by atoms with van der Waals surface area (Å²) in [6, 6.07) is 30.1. The van der Waals surface area contributed by atoms with Crippen LogP contribution in [0.25, 0.3) is 44.7 Å². The molecule has 0 saturated heterocycles. The molecule has 4 aromatic carbocycles. The van der Waals surface area contributed by atoms with E-state index in [-0.39, 0.29) is 0 Å². The number of hydrogen-bond acceptors (Lipinski definition) is 0. The second kappa shape index (κ2) is 8.84. The lowest BCUT2D eigenvalue weighted by atomic mass is 9.77. The molecule has 0 radical (unpaired) electrons. The van der Waals surface area contributed by atoms with Gasteiger partial charge in [0.2, 0.25) is 0 Å². The number of fused-ring (bicyclic) bond motifs is 5. The van der Waals surface area contributed by atoms with Gasteiger partial charge < -0.3 is 0 Å². The fourth-order valence-corrected chi connectivity index (χ4v) is 7.44. The van der Waals surface area contributed by atoms with Crippen molar-refractivity contribution < 1.29 is 0 Å². The fourth-order valence-electron chi connectivity index (χ4n) is 7.44. The van der Waals surface area contributed by atoms with Gasteiger partial charge >= 0.3 is 0 Å². The van der Waals surface area contributed by atoms with Crippen LogP contribution in [-0.2, 0) is 0 Å². The number of allylic oxidation sites excluding steroid dienone is 4. The molecule has 4 aliphatic carbocycles. The summed E-state index contributed by atoms with van der Waals surface area (Å²) in [6.45, 7) is 0. The summed E-state index contributed by atoms with van der Waals surface area (Å²) in [5, 5.41) is 8.40. The third-order valence-corrected chi connectivity index (χ3v) is 9.38. The molecule has 0 nitrogen and oxygen atoms in total. The average Bonchev–Trinajstić information content (AvgIpc) is 2.99. The van der Waals surface area contributed by atoms with Crippen LogP contribution >= 0.6 is 0 Å². The Kier molecular flexibility index (Phi) is 5.15. The molecule has 2 atom stereocenters. The van der Waals surface area contributed by atoms with E-state index in [1.165, 1.54) is 91.6 Å². The average molecular weight is 489 g/mol. The van der Waals surface area contributed by atoms with Gasteiger partial charge in [-0.05, 0) is 128 Å². The predicted octanol–water partition coefficient (Wildman–Crippen LogP) is 6.53. The summed E-state index contributed by atoms with van der Waals surface area (Å²) in [7, 11) is 0. The van der Waals surface area contributed by atoms with E-state index in [0.29, 0.717) is 11.8 Å². The lowest BCUT2D eigenvalue weighted by molar-refractivity contribution is 0.612. The Morgan fingerprint density at radius 2 is 1.34 bits per heavy atom. The van der Waals surface area contributed by atoms with Gasteiger partial charge in [0, 0.05) is 0 Å². The molecular formula is C38H32. The maximum Gasteiger partial charge on any atom is -0.00991 e. The molecule has 184 valence electrons. The van der Waals surface area contributed by atoms with Gasteiger partial charge in [0.25, 0.3) is 0 Å². The molecule has 0 heteroatoms. The molecule has 0 fully saturated rings. The van der Waals surface area contributed by atoms with Crippen molar-refractivity contribution in [1.29, 1.82) is 0 Å². The topological polar surface area (TPSA) is 0 Å². The fraction of sp³-hybridized carbons (Fsp3) is 0.211. The lowest BCUT2D eigenvalue weighted by Gasteiger charge is -2.27. The van der Waals surface area contributed by atoms with E-state index in [1.54, 1.807) is 5.57 Å². The van der Waals surface area contributed by atoms with Crippen LogP contribution in [0.2, 0.25) is 0 Å². The Labute approximate surface area is 224 Å². The van der Waals surface area contributed by atoms with Crippen molar-refractivity contribution in [1.82, 2.24) is 0 Å². The van der Waals surface area contributed by atoms with Gasteiger partial charge in [-0.15, -0.1) is 0 Å². The molecule has 0 aromatic heterocycles. The van der Waals surface area contributed by atoms with Crippen molar-refractivity contribution in [2.75, 3.05) is 0 Å². The second-order valence-electron chi connectivity index (χ2n) is 11.5. The van der Waals surface area contributed by atoms with Gasteiger partial charge in [-0.25, -0.2) is 0 Å². The van der Waals surface area contributed by atoms with E-state index in [4.69, 9.17) is 0 Å². The van der Waals surface area contributed by atoms with Crippen molar-refractivity contribution in [2.45, 2.75) is 38.5 Å². The van der Waals surface area contributed by atoms with E-state index in [0.717, 1.165) is 6.42 Å². The SMILES string of the molecule is C1=CC2=c3cc4cccc(-c5ccc(C6=c7ccccc7=C7C=CCCC7C6)cc5)c4cc3=CCC2CC1. The van der Waals surface area contributed by atoms with Crippen molar-refractivity contribution in [2.24, 2.45) is 11.8 Å². The highest BCUT2D eigenvalue weighted by Crippen LogP contribution is 2.35. The molecule has 0 heterocycles. The first-order valence-electron chi connectivity index (χ1n) is 14.4. The minimum atomic E-state index is 0.640. The van der Waals surface area contributed by atoms with Gasteiger partial charge in [0.05, 0.1) is 0 Å². The monoisotopic (exact) mass is 488 g/mol. The number of hydrogen-bond donors (Lipinski definition) is 0. The first-order valence-corrected chi connectivity index (χ1v) is 14.4. The first kappa shape index (κ1) is 22.1. The maximum atomic E-state index is 2.48. The zero-order valence-electron chi connectivity index (χ0n) is 21.8. The van der Waals surface area contributed by atoms with Gasteiger partial charge in [0.1, 0.15) is 0 Å². The molecule has 38 heavy (non-hydrogen) atoms. The largest absolute Gasteiger partial charge is 0.0842 e. The van der Waals surface area contributed by atoms with Crippen molar-refractivity contribution in [3.05, 3.63) is 130 Å². The molecule has 0 spiro atoms. The van der Waals surface area contributed by atoms with Crippen molar-refractivity contribution >= 4 is 33.6 Å². The van der Waals surface area contributed by atoms with Gasteiger partial charge in [-0.3, -0.25) is 0 Å². The molecule has 0 aliphatic heterocycles. The Hall–Kier alpha value is -3.90. The Morgan fingerprint density at radius 3 is 2.18 bits per heavy atom. The molecule has 0 bridgehead atoms. The third-order valence-electron chi connectivity index (χ3n) is 9.38. The van der Waals surface area contributed by atoms with Crippen LogP contribution in [0.1, 0.15) is 44.1 Å². The maximum absolute atomic E-state index is 2.48. The quantitative estimate of drug-likeness (QED) is 0.301. The summed E-state index contributed by atoms with van der Waals surface area (Å²) in [5.74, 6) is 1.34. The van der Waals surface area contributed by atoms with Crippen LogP contribution in [-0.4, -0.2) is 0 Å². The van der Waals surface area contributed by atoms with Crippen LogP contribution in [0.5, 0.6) is 0 Å². The van der Waals surface area contributed by atoms with Gasteiger partial charge in [-0.1, -0.05) is 97.1 Å². The molecular weight excluding hydrogens is 456 g/mol. The zero-order chi connectivity index (χ0) is 25.1. The van der Waals surface area contributed by atoms with Crippen molar-refractivity contribution in [3.63, 3.8) is 0 Å². The summed E-state index contributed by atoms with van der Waals surface area (Å²) >= 11 is 0. The Balaban J connectivity index is 1.25. The molecule has 0 saturated carbocycles. The normalized spacial score (nSPS) is 21.4. The van der Waals surface area contributed by atoms with Crippen LogP contribution in [0.4, 0.5) is 0 Å². The second-order valence-corrected chi connectivity index (χ2v) is 11.5. The van der Waals surface area contributed by atoms with E-state index in [9.17, 15) is 0 Å². The van der Waals surface area contributed by atoms with E-state index in [2.05, 4.69) is 109 Å². The zero-order valence-corrected chi connectivity index (χ0v) is 21.8. The van der Waals surface area contributed by atoms with Gasteiger partial charge in [-0.2, -0.15) is 0 Å². The van der Waals surface area contributed by atoms with Crippen LogP contribution in [0, 0.1) is 11.8 Å². The highest BCUT2D eigenvalue weighted by molar-refractivity contribution is 5.97. The smallest absolute Gasteiger partial charge is 0.00991 e. The summed E-state index contributed by atoms with van der Waals surface area (Å²) < 4.78 is 0. The van der Waals surface area contributed by atoms with Crippen LogP contribution < -0.4 is 20.9 Å². The molecule has 8 rings (SSSR count). The highest BCUT2D eigenvalue weighted by Gasteiger charge is 2.23. The van der Waals surface area contributed by atoms with Crippen LogP contribution in [0.3, 0.4) is 0 Å². The molecule has 0 amide bonds. The molecule has 4 aliphatic rings. The molecule has 4 aromatic rings. The first-order chi connectivity index (χ1) is 18.8. The molecule has 2 unspecified atom stereocenters. The van der Waals surface area contributed by atoms with E-state index < -0.39 is 0 Å². The van der Waals surface area contributed by atoms with Gasteiger partial charge in [0.15, 0.2) is 0 Å². The number of rotatable bonds is 2. The lowest BCUT2D eigenvalue weighted by Crippen LogP contribution is -2.35. The highest BCUT2D eigenvalue weighted by atomic mass is 14.3. The van der Waals surface area contributed by atoms with Crippen LogP contribution in [0.15, 0.2) is 103 Å².